The molecule has 0 spiro atoms. The number of allylic oxidation sites excluding steroid dienone is 1. The zero-order valence-electron chi connectivity index (χ0n) is 15.4. The van der Waals surface area contributed by atoms with Crippen molar-refractivity contribution in [2.75, 3.05) is 13.2 Å². The number of pyridine rings is 1. The van der Waals surface area contributed by atoms with Gasteiger partial charge in [0.25, 0.3) is 5.91 Å². The van der Waals surface area contributed by atoms with Crippen molar-refractivity contribution in [1.29, 1.82) is 0 Å². The molecule has 0 saturated heterocycles. The van der Waals surface area contributed by atoms with Gasteiger partial charge in [-0.1, -0.05) is 30.4 Å². The van der Waals surface area contributed by atoms with Crippen molar-refractivity contribution < 1.29 is 14.3 Å². The summed E-state index contributed by atoms with van der Waals surface area (Å²) in [7, 11) is 0. The number of aryl methyl sites for hydroxylation is 1. The Morgan fingerprint density at radius 3 is 2.81 bits per heavy atom. The monoisotopic (exact) mass is 368 g/mol. The molecule has 0 bridgehead atoms. The van der Waals surface area contributed by atoms with E-state index in [0.717, 1.165) is 18.4 Å². The Kier molecular flexibility index (Phi) is 8.03. The van der Waals surface area contributed by atoms with Crippen LogP contribution in [0.1, 0.15) is 35.7 Å². The third kappa shape index (κ3) is 6.93. The number of carbonyl (C=O) groups is 2. The molecule has 0 unspecified atom stereocenters. The number of esters is 1. The summed E-state index contributed by atoms with van der Waals surface area (Å²) in [6.07, 6.45) is 7.41. The molecule has 0 saturated carbocycles. The van der Waals surface area contributed by atoms with E-state index in [-0.39, 0.29) is 24.6 Å². The van der Waals surface area contributed by atoms with E-state index in [0.29, 0.717) is 12.1 Å². The molecule has 0 atom stereocenters. The summed E-state index contributed by atoms with van der Waals surface area (Å²) in [6.45, 7) is 2.52. The fraction of sp³-hybridized carbons (Fsp3) is 0.286. The molecule has 0 aliphatic rings. The summed E-state index contributed by atoms with van der Waals surface area (Å²) in [5.41, 5.74) is 1.39. The molecular weight excluding hydrogens is 344 g/mol. The molecule has 2 aromatic rings. The molecule has 6 nitrogen and oxygen atoms in total. The van der Waals surface area contributed by atoms with E-state index in [9.17, 15) is 14.4 Å². The molecule has 1 aromatic heterocycles. The molecular formula is C21H24N2O4. The van der Waals surface area contributed by atoms with Gasteiger partial charge in [-0.15, -0.1) is 0 Å². The van der Waals surface area contributed by atoms with Gasteiger partial charge in [-0.3, -0.25) is 14.4 Å². The second-order valence-electron chi connectivity index (χ2n) is 5.89. The second-order valence-corrected chi connectivity index (χ2v) is 5.89. The van der Waals surface area contributed by atoms with Gasteiger partial charge in [0.05, 0.1) is 6.61 Å². The highest BCUT2D eigenvalue weighted by Gasteiger charge is 2.08. The van der Waals surface area contributed by atoms with E-state index in [1.807, 2.05) is 24.3 Å². The predicted octanol–water partition coefficient (Wildman–Crippen LogP) is 2.63. The van der Waals surface area contributed by atoms with Crippen LogP contribution in [0.15, 0.2) is 59.5 Å². The molecule has 0 fully saturated rings. The normalized spacial score (nSPS) is 10.7. The smallest absolute Gasteiger partial charge is 0.325 e. The van der Waals surface area contributed by atoms with Gasteiger partial charge in [-0.25, -0.2) is 0 Å². The number of hydrogen-bond acceptors (Lipinski definition) is 4. The van der Waals surface area contributed by atoms with E-state index in [4.69, 9.17) is 4.74 Å². The van der Waals surface area contributed by atoms with E-state index < -0.39 is 5.97 Å². The molecule has 0 radical (unpaired) electrons. The molecule has 1 aromatic carbocycles. The molecule has 1 heterocycles. The number of ether oxygens (including phenoxy) is 1. The lowest BCUT2D eigenvalue weighted by molar-refractivity contribution is -0.141. The van der Waals surface area contributed by atoms with Crippen LogP contribution in [0.25, 0.3) is 6.08 Å². The first-order chi connectivity index (χ1) is 13.1. The van der Waals surface area contributed by atoms with Crippen LogP contribution in [0.3, 0.4) is 0 Å². The number of hydrogen-bond donors (Lipinski definition) is 1. The molecule has 0 aliphatic heterocycles. The van der Waals surface area contributed by atoms with E-state index in [1.54, 1.807) is 48.0 Å². The summed E-state index contributed by atoms with van der Waals surface area (Å²) in [4.78, 5) is 35.0. The second kappa shape index (κ2) is 10.8. The number of nitrogens with one attached hydrogen (secondary N) is 1. The van der Waals surface area contributed by atoms with Crippen molar-refractivity contribution in [2.45, 2.75) is 26.3 Å². The third-order valence-electron chi connectivity index (χ3n) is 3.83. The quantitative estimate of drug-likeness (QED) is 0.545. The Bertz CT molecular complexity index is 855. The van der Waals surface area contributed by atoms with Gasteiger partial charge in [-0.2, -0.15) is 0 Å². The van der Waals surface area contributed by atoms with Crippen LogP contribution in [0.5, 0.6) is 0 Å². The number of carbonyl (C=O) groups excluding carboxylic acids is 2. The van der Waals surface area contributed by atoms with Crippen molar-refractivity contribution in [2.24, 2.45) is 0 Å². The number of unbranched alkanes of at least 4 members (excludes halogenated alkanes) is 1. The minimum Gasteiger partial charge on any atom is -0.465 e. The minimum absolute atomic E-state index is 0.00279. The lowest BCUT2D eigenvalue weighted by Crippen LogP contribution is -2.30. The standard InChI is InChI=1S/C21H24N2O4/c1-2-27-20(25)16-22-21(26)18-11-8-10-17(15-18)9-4-3-6-13-23-14-7-5-12-19(23)24/h4-5,7-12,14-15H,2-3,6,13,16H2,1H3,(H,22,26)/b9-4-. The lowest BCUT2D eigenvalue weighted by Gasteiger charge is -2.05. The van der Waals surface area contributed by atoms with Crippen molar-refractivity contribution in [3.05, 3.63) is 76.2 Å². The van der Waals surface area contributed by atoms with Gasteiger partial charge in [0.1, 0.15) is 6.54 Å². The Morgan fingerprint density at radius 2 is 2.04 bits per heavy atom. The van der Waals surface area contributed by atoms with Gasteiger partial charge in [-0.05, 0) is 43.5 Å². The van der Waals surface area contributed by atoms with Crippen LogP contribution >= 0.6 is 0 Å². The summed E-state index contributed by atoms with van der Waals surface area (Å²) in [5, 5.41) is 2.54. The molecule has 142 valence electrons. The molecule has 1 N–H and O–H groups in total. The average molecular weight is 368 g/mol. The first kappa shape index (κ1) is 20.2. The van der Waals surface area contributed by atoms with Crippen molar-refractivity contribution in [3.63, 3.8) is 0 Å². The van der Waals surface area contributed by atoms with Crippen molar-refractivity contribution in [3.8, 4) is 0 Å². The van der Waals surface area contributed by atoms with Crippen LogP contribution in [0, 0.1) is 0 Å². The fourth-order valence-corrected chi connectivity index (χ4v) is 2.49. The zero-order chi connectivity index (χ0) is 19.5. The van der Waals surface area contributed by atoms with Gasteiger partial charge in [0.15, 0.2) is 0 Å². The zero-order valence-corrected chi connectivity index (χ0v) is 15.4. The van der Waals surface area contributed by atoms with Gasteiger partial charge in [0.2, 0.25) is 5.56 Å². The van der Waals surface area contributed by atoms with E-state index >= 15 is 0 Å². The highest BCUT2D eigenvalue weighted by molar-refractivity contribution is 5.96. The number of aromatic nitrogens is 1. The first-order valence-corrected chi connectivity index (χ1v) is 8.96. The van der Waals surface area contributed by atoms with Crippen molar-refractivity contribution >= 4 is 18.0 Å². The average Bonchev–Trinajstić information content (AvgIpc) is 2.67. The summed E-state index contributed by atoms with van der Waals surface area (Å²) < 4.78 is 6.46. The Morgan fingerprint density at radius 1 is 1.19 bits per heavy atom. The fourth-order valence-electron chi connectivity index (χ4n) is 2.49. The largest absolute Gasteiger partial charge is 0.465 e. The van der Waals surface area contributed by atoms with Crippen LogP contribution in [-0.2, 0) is 16.1 Å². The van der Waals surface area contributed by atoms with E-state index in [1.165, 1.54) is 0 Å². The van der Waals surface area contributed by atoms with Crippen molar-refractivity contribution in [1.82, 2.24) is 9.88 Å². The maximum absolute atomic E-state index is 12.1. The van der Waals surface area contributed by atoms with Gasteiger partial charge >= 0.3 is 5.97 Å². The number of rotatable bonds is 9. The molecule has 27 heavy (non-hydrogen) atoms. The summed E-state index contributed by atoms with van der Waals surface area (Å²) in [6, 6.07) is 12.3. The Hall–Kier alpha value is -3.15. The Balaban J connectivity index is 1.83. The highest BCUT2D eigenvalue weighted by atomic mass is 16.5. The highest BCUT2D eigenvalue weighted by Crippen LogP contribution is 2.08. The van der Waals surface area contributed by atoms with Crippen LogP contribution in [0.4, 0.5) is 0 Å². The summed E-state index contributed by atoms with van der Waals surface area (Å²) >= 11 is 0. The van der Waals surface area contributed by atoms with E-state index in [2.05, 4.69) is 5.32 Å². The lowest BCUT2D eigenvalue weighted by atomic mass is 10.1. The molecule has 1 amide bonds. The SMILES string of the molecule is CCOC(=O)CNC(=O)c1cccc(/C=C\CCCn2ccccc2=O)c1. The van der Waals surface area contributed by atoms with Crippen LogP contribution < -0.4 is 10.9 Å². The molecule has 6 heteroatoms. The van der Waals surface area contributed by atoms with Gasteiger partial charge in [0, 0.05) is 24.4 Å². The Labute approximate surface area is 158 Å². The van der Waals surface area contributed by atoms with Crippen LogP contribution in [0.2, 0.25) is 0 Å². The molecule has 2 rings (SSSR count). The third-order valence-corrected chi connectivity index (χ3v) is 3.83. The minimum atomic E-state index is -0.459. The predicted molar refractivity (Wildman–Crippen MR) is 104 cm³/mol. The topological polar surface area (TPSA) is 77.4 Å². The number of amides is 1. The van der Waals surface area contributed by atoms with Crippen LogP contribution in [-0.4, -0.2) is 29.6 Å². The maximum atomic E-state index is 12.1. The first-order valence-electron chi connectivity index (χ1n) is 8.96. The number of benzene rings is 1. The summed E-state index contributed by atoms with van der Waals surface area (Å²) in [5.74, 6) is -0.777. The maximum Gasteiger partial charge on any atom is 0.325 e. The number of nitrogens with zero attached hydrogens (tertiary/aromatic N) is 1. The molecule has 0 aliphatic carbocycles. The van der Waals surface area contributed by atoms with Gasteiger partial charge < -0.3 is 14.6 Å².